The van der Waals surface area contributed by atoms with Crippen molar-refractivity contribution in [1.82, 2.24) is 4.31 Å². The van der Waals surface area contributed by atoms with E-state index in [1.54, 1.807) is 0 Å². The Bertz CT molecular complexity index is 812. The van der Waals surface area contributed by atoms with Gasteiger partial charge < -0.3 is 5.73 Å². The molecule has 23 heavy (non-hydrogen) atoms. The summed E-state index contributed by atoms with van der Waals surface area (Å²) >= 11 is 11.9. The standard InChI is InChI=1S/C16H16Cl2N2O2S/c17-12-6-7-16(14(18)8-12)23(21,22)20-9-13(15(19)10-20)11-4-2-1-3-5-11/h1-8,13,15H,9-10,19H2/t13-,15+/m0/s1. The summed E-state index contributed by atoms with van der Waals surface area (Å²) in [5, 5.41) is 0.517. The van der Waals surface area contributed by atoms with Gasteiger partial charge >= 0.3 is 0 Å². The molecule has 0 bridgehead atoms. The fourth-order valence-corrected chi connectivity index (χ4v) is 5.11. The monoisotopic (exact) mass is 370 g/mol. The summed E-state index contributed by atoms with van der Waals surface area (Å²) in [5.74, 6) is -0.0305. The van der Waals surface area contributed by atoms with Crippen LogP contribution in [0.3, 0.4) is 0 Å². The van der Waals surface area contributed by atoms with E-state index in [0.29, 0.717) is 11.6 Å². The van der Waals surface area contributed by atoms with Crippen LogP contribution in [0.25, 0.3) is 0 Å². The van der Waals surface area contributed by atoms with Crippen LogP contribution in [0.4, 0.5) is 0 Å². The molecule has 3 rings (SSSR count). The number of rotatable bonds is 3. The Kier molecular flexibility index (Phi) is 4.67. The summed E-state index contributed by atoms with van der Waals surface area (Å²) < 4.78 is 27.1. The molecule has 1 fully saturated rings. The SMILES string of the molecule is N[C@@H]1CN(S(=O)(=O)c2ccc(Cl)cc2Cl)C[C@H]1c1ccccc1. The molecule has 4 nitrogen and oxygen atoms in total. The minimum atomic E-state index is -3.70. The zero-order valence-electron chi connectivity index (χ0n) is 12.2. The molecule has 0 aliphatic carbocycles. The van der Waals surface area contributed by atoms with Gasteiger partial charge in [-0.2, -0.15) is 4.31 Å². The zero-order chi connectivity index (χ0) is 16.6. The third kappa shape index (κ3) is 3.25. The molecule has 0 spiro atoms. The molecule has 2 aromatic carbocycles. The van der Waals surface area contributed by atoms with Crippen molar-refractivity contribution >= 4 is 33.2 Å². The van der Waals surface area contributed by atoms with Gasteiger partial charge in [0.15, 0.2) is 0 Å². The van der Waals surface area contributed by atoms with Crippen LogP contribution < -0.4 is 5.73 Å². The molecule has 2 atom stereocenters. The van der Waals surface area contributed by atoms with Crippen LogP contribution in [-0.4, -0.2) is 31.9 Å². The van der Waals surface area contributed by atoms with E-state index in [-0.39, 0.29) is 28.4 Å². The predicted octanol–water partition coefficient (Wildman–Crippen LogP) is 3.11. The maximum absolute atomic E-state index is 12.8. The van der Waals surface area contributed by atoms with Crippen molar-refractivity contribution in [1.29, 1.82) is 0 Å². The van der Waals surface area contributed by atoms with E-state index in [2.05, 4.69) is 0 Å². The van der Waals surface area contributed by atoms with Crippen molar-refractivity contribution < 1.29 is 8.42 Å². The average Bonchev–Trinajstić information content (AvgIpc) is 2.90. The lowest BCUT2D eigenvalue weighted by molar-refractivity contribution is 0.470. The summed E-state index contributed by atoms with van der Waals surface area (Å²) in [6, 6.07) is 13.8. The van der Waals surface area contributed by atoms with Gasteiger partial charge in [-0.1, -0.05) is 53.5 Å². The van der Waals surface area contributed by atoms with Gasteiger partial charge in [-0.15, -0.1) is 0 Å². The molecule has 2 N–H and O–H groups in total. The van der Waals surface area contributed by atoms with Crippen LogP contribution in [0.1, 0.15) is 11.5 Å². The first-order valence-electron chi connectivity index (χ1n) is 7.15. The van der Waals surface area contributed by atoms with Crippen LogP contribution in [-0.2, 0) is 10.0 Å². The maximum Gasteiger partial charge on any atom is 0.244 e. The first kappa shape index (κ1) is 16.7. The Balaban J connectivity index is 1.90. The molecule has 1 heterocycles. The average molecular weight is 371 g/mol. The maximum atomic E-state index is 12.8. The fourth-order valence-electron chi connectivity index (χ4n) is 2.86. The normalized spacial score (nSPS) is 22.4. The van der Waals surface area contributed by atoms with Gasteiger partial charge in [0, 0.05) is 30.1 Å². The van der Waals surface area contributed by atoms with Crippen LogP contribution in [0, 0.1) is 0 Å². The quantitative estimate of drug-likeness (QED) is 0.902. The van der Waals surface area contributed by atoms with Crippen LogP contribution in [0.2, 0.25) is 10.0 Å². The Morgan fingerprint density at radius 1 is 1.04 bits per heavy atom. The summed E-state index contributed by atoms with van der Waals surface area (Å²) in [7, 11) is -3.70. The van der Waals surface area contributed by atoms with Gasteiger partial charge in [0.25, 0.3) is 0 Å². The number of benzene rings is 2. The molecular weight excluding hydrogens is 355 g/mol. The largest absolute Gasteiger partial charge is 0.326 e. The number of nitrogens with zero attached hydrogens (tertiary/aromatic N) is 1. The molecule has 0 amide bonds. The minimum Gasteiger partial charge on any atom is -0.326 e. The summed E-state index contributed by atoms with van der Waals surface area (Å²) in [4.78, 5) is 0.0597. The predicted molar refractivity (Wildman–Crippen MR) is 92.4 cm³/mol. The second-order valence-electron chi connectivity index (χ2n) is 5.58. The smallest absolute Gasteiger partial charge is 0.244 e. The van der Waals surface area contributed by atoms with Crippen molar-refractivity contribution in [3.05, 3.63) is 64.1 Å². The number of hydrogen-bond donors (Lipinski definition) is 1. The van der Waals surface area contributed by atoms with E-state index in [9.17, 15) is 8.42 Å². The van der Waals surface area contributed by atoms with Crippen molar-refractivity contribution in [2.24, 2.45) is 5.73 Å². The zero-order valence-corrected chi connectivity index (χ0v) is 14.5. The van der Waals surface area contributed by atoms with E-state index in [1.807, 2.05) is 30.3 Å². The van der Waals surface area contributed by atoms with Gasteiger partial charge in [0.2, 0.25) is 10.0 Å². The topological polar surface area (TPSA) is 63.4 Å². The van der Waals surface area contributed by atoms with E-state index < -0.39 is 10.0 Å². The minimum absolute atomic E-state index is 0.0305. The third-order valence-corrected chi connectivity index (χ3v) is 6.62. The Morgan fingerprint density at radius 3 is 2.39 bits per heavy atom. The van der Waals surface area contributed by atoms with Crippen molar-refractivity contribution in [2.45, 2.75) is 16.9 Å². The molecule has 0 unspecified atom stereocenters. The van der Waals surface area contributed by atoms with Crippen molar-refractivity contribution in [2.75, 3.05) is 13.1 Å². The first-order chi connectivity index (χ1) is 10.9. The number of halogens is 2. The number of nitrogens with two attached hydrogens (primary N) is 1. The second kappa shape index (κ2) is 6.42. The Hall–Kier alpha value is -1.11. The van der Waals surface area contributed by atoms with E-state index in [0.717, 1.165) is 5.56 Å². The molecule has 1 aliphatic rings. The summed E-state index contributed by atoms with van der Waals surface area (Å²) in [6.45, 7) is 0.604. The molecule has 0 radical (unpaired) electrons. The van der Waals surface area contributed by atoms with Gasteiger partial charge in [-0.3, -0.25) is 0 Å². The highest BCUT2D eigenvalue weighted by Crippen LogP contribution is 2.33. The Morgan fingerprint density at radius 2 is 1.74 bits per heavy atom. The van der Waals surface area contributed by atoms with Crippen molar-refractivity contribution in [3.63, 3.8) is 0 Å². The highest BCUT2D eigenvalue weighted by Gasteiger charge is 2.38. The lowest BCUT2D eigenvalue weighted by Crippen LogP contribution is -2.32. The molecular formula is C16H16Cl2N2O2S. The van der Waals surface area contributed by atoms with E-state index >= 15 is 0 Å². The van der Waals surface area contributed by atoms with Gasteiger partial charge in [0.1, 0.15) is 4.90 Å². The summed E-state index contributed by atoms with van der Waals surface area (Å²) in [6.07, 6.45) is 0. The van der Waals surface area contributed by atoms with Crippen LogP contribution in [0.15, 0.2) is 53.4 Å². The lowest BCUT2D eigenvalue weighted by Gasteiger charge is -2.17. The fraction of sp³-hybridized carbons (Fsp3) is 0.250. The highest BCUT2D eigenvalue weighted by molar-refractivity contribution is 7.89. The third-order valence-electron chi connectivity index (χ3n) is 4.07. The molecule has 0 saturated carbocycles. The van der Waals surface area contributed by atoms with Crippen LogP contribution >= 0.6 is 23.2 Å². The Labute approximate surface area is 145 Å². The highest BCUT2D eigenvalue weighted by atomic mass is 35.5. The van der Waals surface area contributed by atoms with E-state index in [1.165, 1.54) is 22.5 Å². The molecule has 0 aromatic heterocycles. The lowest BCUT2D eigenvalue weighted by atomic mass is 9.95. The van der Waals surface area contributed by atoms with Gasteiger partial charge in [0.05, 0.1) is 5.02 Å². The van der Waals surface area contributed by atoms with E-state index in [4.69, 9.17) is 28.9 Å². The second-order valence-corrected chi connectivity index (χ2v) is 8.33. The summed E-state index contributed by atoms with van der Waals surface area (Å²) in [5.41, 5.74) is 7.22. The van der Waals surface area contributed by atoms with Crippen molar-refractivity contribution in [3.8, 4) is 0 Å². The molecule has 122 valence electrons. The molecule has 1 aliphatic heterocycles. The first-order valence-corrected chi connectivity index (χ1v) is 9.35. The molecule has 1 saturated heterocycles. The molecule has 7 heteroatoms. The van der Waals surface area contributed by atoms with Crippen LogP contribution in [0.5, 0.6) is 0 Å². The van der Waals surface area contributed by atoms with Gasteiger partial charge in [-0.25, -0.2) is 8.42 Å². The number of sulfonamides is 1. The van der Waals surface area contributed by atoms with Gasteiger partial charge in [-0.05, 0) is 23.8 Å². The molecule has 2 aromatic rings. The number of hydrogen-bond acceptors (Lipinski definition) is 3.